The summed E-state index contributed by atoms with van der Waals surface area (Å²) in [5.74, 6) is 6.47. The van der Waals surface area contributed by atoms with E-state index in [1.54, 1.807) is 11.3 Å². The lowest BCUT2D eigenvalue weighted by Crippen LogP contribution is -2.13. The molecule has 0 aliphatic rings. The maximum Gasteiger partial charge on any atom is 0.239 e. The number of nitrogens with zero attached hydrogens (tertiary/aromatic N) is 3. The summed E-state index contributed by atoms with van der Waals surface area (Å²) in [7, 11) is 0. The molecular formula is C10H14N6S. The third-order valence-corrected chi connectivity index (χ3v) is 2.95. The monoisotopic (exact) mass is 250 g/mol. The van der Waals surface area contributed by atoms with Crippen LogP contribution in [0.15, 0.2) is 17.6 Å². The van der Waals surface area contributed by atoms with Crippen molar-refractivity contribution in [3.8, 4) is 0 Å². The number of hydrogen-bond acceptors (Lipinski definition) is 7. The van der Waals surface area contributed by atoms with Crippen molar-refractivity contribution in [2.45, 2.75) is 13.3 Å². The quantitative estimate of drug-likeness (QED) is 0.545. The van der Waals surface area contributed by atoms with E-state index in [0.29, 0.717) is 5.95 Å². The maximum atomic E-state index is 5.28. The van der Waals surface area contributed by atoms with Crippen LogP contribution < -0.4 is 16.6 Å². The highest BCUT2D eigenvalue weighted by molar-refractivity contribution is 7.09. The summed E-state index contributed by atoms with van der Waals surface area (Å²) in [6.45, 7) is 2.68. The second-order valence-electron chi connectivity index (χ2n) is 3.47. The lowest BCUT2D eigenvalue weighted by Gasteiger charge is -2.07. The molecule has 0 amide bonds. The molecule has 0 radical (unpaired) electrons. The van der Waals surface area contributed by atoms with E-state index >= 15 is 0 Å². The topological polar surface area (TPSA) is 88.8 Å². The Kier molecular flexibility index (Phi) is 3.84. The van der Waals surface area contributed by atoms with Crippen LogP contribution in [0.1, 0.15) is 10.7 Å². The molecular weight excluding hydrogens is 236 g/mol. The first-order chi connectivity index (χ1) is 8.28. The fraction of sp³-hybridized carbons (Fsp3) is 0.300. The van der Waals surface area contributed by atoms with Crippen LogP contribution >= 0.6 is 11.3 Å². The van der Waals surface area contributed by atoms with Gasteiger partial charge in [0.2, 0.25) is 5.95 Å². The molecule has 0 aliphatic carbocycles. The van der Waals surface area contributed by atoms with Gasteiger partial charge in [0.15, 0.2) is 0 Å². The van der Waals surface area contributed by atoms with Gasteiger partial charge in [-0.25, -0.2) is 15.8 Å². The van der Waals surface area contributed by atoms with E-state index in [9.17, 15) is 0 Å². The molecule has 0 saturated heterocycles. The Bertz CT molecular complexity index is 470. The van der Waals surface area contributed by atoms with Crippen molar-refractivity contribution in [1.82, 2.24) is 15.0 Å². The van der Waals surface area contributed by atoms with Gasteiger partial charge in [-0.05, 0) is 6.92 Å². The summed E-state index contributed by atoms with van der Waals surface area (Å²) in [4.78, 5) is 12.5. The van der Waals surface area contributed by atoms with Crippen LogP contribution in [0.25, 0.3) is 0 Å². The molecule has 0 aliphatic heterocycles. The van der Waals surface area contributed by atoms with Crippen LogP contribution in [-0.4, -0.2) is 21.5 Å². The first kappa shape index (κ1) is 11.7. The van der Waals surface area contributed by atoms with E-state index in [4.69, 9.17) is 5.84 Å². The minimum Gasteiger partial charge on any atom is -0.369 e. The molecule has 0 aromatic carbocycles. The van der Waals surface area contributed by atoms with Crippen LogP contribution in [0.2, 0.25) is 0 Å². The van der Waals surface area contributed by atoms with E-state index in [1.165, 1.54) is 0 Å². The highest BCUT2D eigenvalue weighted by Crippen LogP contribution is 2.09. The Morgan fingerprint density at radius 1 is 1.41 bits per heavy atom. The zero-order valence-electron chi connectivity index (χ0n) is 9.47. The fourth-order valence-corrected chi connectivity index (χ4v) is 2.02. The van der Waals surface area contributed by atoms with Crippen molar-refractivity contribution >= 4 is 23.1 Å². The molecule has 2 rings (SSSR count). The summed E-state index contributed by atoms with van der Waals surface area (Å²) < 4.78 is 0. The van der Waals surface area contributed by atoms with E-state index in [2.05, 4.69) is 25.7 Å². The van der Waals surface area contributed by atoms with Crippen molar-refractivity contribution in [1.29, 1.82) is 0 Å². The normalized spacial score (nSPS) is 10.2. The number of aryl methyl sites for hydroxylation is 1. The van der Waals surface area contributed by atoms with Gasteiger partial charge in [-0.3, -0.25) is 5.43 Å². The molecule has 0 unspecified atom stereocenters. The Morgan fingerprint density at radius 2 is 2.29 bits per heavy atom. The number of hydrogen-bond donors (Lipinski definition) is 3. The zero-order valence-corrected chi connectivity index (χ0v) is 10.3. The predicted octanol–water partition coefficient (Wildman–Crippen LogP) is 1.18. The second-order valence-corrected chi connectivity index (χ2v) is 4.44. The van der Waals surface area contributed by atoms with Crippen LogP contribution in [0.4, 0.5) is 11.8 Å². The average Bonchev–Trinajstić information content (AvgIpc) is 2.81. The molecule has 0 saturated carbocycles. The molecule has 0 spiro atoms. The van der Waals surface area contributed by atoms with Gasteiger partial charge >= 0.3 is 0 Å². The minimum atomic E-state index is 0.418. The van der Waals surface area contributed by atoms with Gasteiger partial charge in [-0.15, -0.1) is 11.3 Å². The smallest absolute Gasteiger partial charge is 0.239 e. The van der Waals surface area contributed by atoms with Crippen LogP contribution in [0, 0.1) is 6.92 Å². The van der Waals surface area contributed by atoms with Gasteiger partial charge in [0.05, 0.1) is 5.01 Å². The predicted molar refractivity (Wildman–Crippen MR) is 68.9 cm³/mol. The number of thiazole rings is 1. The molecule has 6 nitrogen and oxygen atoms in total. The zero-order chi connectivity index (χ0) is 12.1. The highest BCUT2D eigenvalue weighted by atomic mass is 32.1. The van der Waals surface area contributed by atoms with Crippen LogP contribution in [0.3, 0.4) is 0 Å². The lowest BCUT2D eigenvalue weighted by molar-refractivity contribution is 0.976. The molecule has 90 valence electrons. The largest absolute Gasteiger partial charge is 0.369 e. The summed E-state index contributed by atoms with van der Waals surface area (Å²) in [5, 5.41) is 6.30. The van der Waals surface area contributed by atoms with E-state index in [1.807, 2.05) is 24.6 Å². The molecule has 2 aromatic heterocycles. The van der Waals surface area contributed by atoms with Gasteiger partial charge in [0, 0.05) is 36.3 Å². The van der Waals surface area contributed by atoms with Crippen molar-refractivity contribution in [3.63, 3.8) is 0 Å². The van der Waals surface area contributed by atoms with Crippen LogP contribution in [-0.2, 0) is 6.42 Å². The summed E-state index contributed by atoms with van der Waals surface area (Å²) in [5.41, 5.74) is 3.31. The Morgan fingerprint density at radius 3 is 3.00 bits per heavy atom. The molecule has 0 bridgehead atoms. The molecule has 2 aromatic rings. The highest BCUT2D eigenvalue weighted by Gasteiger charge is 2.01. The van der Waals surface area contributed by atoms with Crippen molar-refractivity contribution in [2.24, 2.45) is 5.84 Å². The molecule has 0 fully saturated rings. The minimum absolute atomic E-state index is 0.418. The Labute approximate surface area is 103 Å². The number of nitrogens with one attached hydrogen (secondary N) is 2. The van der Waals surface area contributed by atoms with Gasteiger partial charge < -0.3 is 5.32 Å². The summed E-state index contributed by atoms with van der Waals surface area (Å²) >= 11 is 1.65. The van der Waals surface area contributed by atoms with Gasteiger partial charge in [-0.2, -0.15) is 4.98 Å². The Balaban J connectivity index is 1.92. The summed E-state index contributed by atoms with van der Waals surface area (Å²) in [6.07, 6.45) is 2.69. The molecule has 7 heteroatoms. The number of nitrogens with two attached hydrogens (primary N) is 1. The van der Waals surface area contributed by atoms with Gasteiger partial charge in [0.25, 0.3) is 0 Å². The standard InChI is InChI=1S/C10H14N6S/c1-7-6-8(15-10(14-7)16-11)12-3-2-9-13-4-5-17-9/h4-6H,2-3,11H2,1H3,(H2,12,14,15,16). The maximum absolute atomic E-state index is 5.28. The third kappa shape index (κ3) is 3.36. The SMILES string of the molecule is Cc1cc(NCCc2nccs2)nc(NN)n1. The van der Waals surface area contributed by atoms with Gasteiger partial charge in [0.1, 0.15) is 5.82 Å². The second kappa shape index (κ2) is 5.55. The molecule has 2 heterocycles. The molecule has 4 N–H and O–H groups in total. The van der Waals surface area contributed by atoms with Crippen LogP contribution in [0.5, 0.6) is 0 Å². The summed E-state index contributed by atoms with van der Waals surface area (Å²) in [6, 6.07) is 1.88. The fourth-order valence-electron chi connectivity index (χ4n) is 1.40. The first-order valence-electron chi connectivity index (χ1n) is 5.22. The van der Waals surface area contributed by atoms with E-state index in [-0.39, 0.29) is 0 Å². The number of nitrogen functional groups attached to an aromatic ring is 1. The van der Waals surface area contributed by atoms with E-state index < -0.39 is 0 Å². The number of rotatable bonds is 5. The van der Waals surface area contributed by atoms with E-state index in [0.717, 1.165) is 29.5 Å². The van der Waals surface area contributed by atoms with Crippen molar-refractivity contribution < 1.29 is 0 Å². The third-order valence-electron chi connectivity index (χ3n) is 2.11. The average molecular weight is 250 g/mol. The number of anilines is 2. The molecule has 17 heavy (non-hydrogen) atoms. The number of aromatic nitrogens is 3. The van der Waals surface area contributed by atoms with Gasteiger partial charge in [-0.1, -0.05) is 0 Å². The van der Waals surface area contributed by atoms with Crippen molar-refractivity contribution in [3.05, 3.63) is 28.3 Å². The number of hydrazine groups is 1. The Hall–Kier alpha value is -1.73. The van der Waals surface area contributed by atoms with Crippen molar-refractivity contribution in [2.75, 3.05) is 17.3 Å². The first-order valence-corrected chi connectivity index (χ1v) is 6.10. The lowest BCUT2D eigenvalue weighted by atomic mass is 10.4. The molecule has 0 atom stereocenters.